The molecule has 0 saturated carbocycles. The number of ether oxygens (including phenoxy) is 1. The average Bonchev–Trinajstić information content (AvgIpc) is 2.15. The van der Waals surface area contributed by atoms with E-state index in [1.807, 2.05) is 0 Å². The summed E-state index contributed by atoms with van der Waals surface area (Å²) in [6, 6.07) is 0. The molecular formula is C4H6IN3O. The molecule has 1 rings (SSSR count). The number of halogens is 1. The molecule has 0 aromatic carbocycles. The third-order valence-corrected chi connectivity index (χ3v) is 1.94. The smallest absolute Gasteiger partial charge is 0.248 e. The minimum absolute atomic E-state index is 0.549. The number of H-pyrrole nitrogens is 1. The maximum Gasteiger partial charge on any atom is 0.248 e. The van der Waals surface area contributed by atoms with Gasteiger partial charge >= 0.3 is 0 Å². The van der Waals surface area contributed by atoms with E-state index in [1.165, 1.54) is 0 Å². The zero-order valence-corrected chi connectivity index (χ0v) is 6.97. The summed E-state index contributed by atoms with van der Waals surface area (Å²) in [5.41, 5.74) is 5.41. The summed E-state index contributed by atoms with van der Waals surface area (Å²) in [5, 5.41) is 6.34. The lowest BCUT2D eigenvalue weighted by molar-refractivity contribution is 0.394. The number of methoxy groups -OCH3 is 1. The first-order valence-corrected chi connectivity index (χ1v) is 3.37. The minimum Gasteiger partial charge on any atom is -0.479 e. The molecule has 0 radical (unpaired) electrons. The van der Waals surface area contributed by atoms with Crippen LogP contribution >= 0.6 is 22.6 Å². The Morgan fingerprint density at radius 1 is 1.78 bits per heavy atom. The lowest BCUT2D eigenvalue weighted by Gasteiger charge is -1.90. The zero-order chi connectivity index (χ0) is 6.85. The van der Waals surface area contributed by atoms with Crippen LogP contribution in [0.2, 0.25) is 0 Å². The quantitative estimate of drug-likeness (QED) is 0.705. The zero-order valence-electron chi connectivity index (χ0n) is 4.81. The number of nitrogens with one attached hydrogen (secondary N) is 1. The van der Waals surface area contributed by atoms with E-state index in [2.05, 4.69) is 32.8 Å². The van der Waals surface area contributed by atoms with Crippen LogP contribution in [-0.4, -0.2) is 17.3 Å². The van der Waals surface area contributed by atoms with Crippen LogP contribution in [0.5, 0.6) is 5.88 Å². The Bertz CT molecular complexity index is 210. The van der Waals surface area contributed by atoms with Gasteiger partial charge in [-0.2, -0.15) is 0 Å². The summed E-state index contributed by atoms with van der Waals surface area (Å²) >= 11 is 2.06. The van der Waals surface area contributed by atoms with Crippen molar-refractivity contribution in [3.05, 3.63) is 3.57 Å². The van der Waals surface area contributed by atoms with Crippen molar-refractivity contribution in [2.75, 3.05) is 12.8 Å². The van der Waals surface area contributed by atoms with Gasteiger partial charge < -0.3 is 10.5 Å². The molecule has 9 heavy (non-hydrogen) atoms. The molecule has 0 spiro atoms. The molecule has 0 fully saturated rings. The van der Waals surface area contributed by atoms with Crippen LogP contribution in [0, 0.1) is 3.57 Å². The molecule has 0 aliphatic carbocycles. The number of hydrogen-bond acceptors (Lipinski definition) is 3. The topological polar surface area (TPSA) is 63.9 Å². The molecule has 1 aromatic rings. The Hall–Kier alpha value is -0.460. The molecule has 0 aliphatic heterocycles. The second-order valence-electron chi connectivity index (χ2n) is 1.46. The number of aromatic amines is 1. The monoisotopic (exact) mass is 239 g/mol. The van der Waals surface area contributed by atoms with Crippen molar-refractivity contribution in [2.45, 2.75) is 0 Å². The highest BCUT2D eigenvalue weighted by Crippen LogP contribution is 2.21. The van der Waals surface area contributed by atoms with E-state index in [0.717, 1.165) is 3.57 Å². The van der Waals surface area contributed by atoms with Crippen molar-refractivity contribution >= 4 is 28.4 Å². The number of aromatic nitrogens is 2. The fourth-order valence-electron chi connectivity index (χ4n) is 0.460. The predicted molar refractivity (Wildman–Crippen MR) is 42.3 cm³/mol. The fraction of sp³-hybridized carbons (Fsp3) is 0.250. The van der Waals surface area contributed by atoms with Crippen LogP contribution in [-0.2, 0) is 0 Å². The number of rotatable bonds is 1. The van der Waals surface area contributed by atoms with E-state index in [1.54, 1.807) is 7.11 Å². The van der Waals surface area contributed by atoms with Gasteiger partial charge in [-0.1, -0.05) is 0 Å². The Balaban J connectivity index is 3.04. The molecule has 50 valence electrons. The molecule has 0 atom stereocenters. The van der Waals surface area contributed by atoms with Gasteiger partial charge in [-0.15, -0.1) is 5.10 Å². The molecule has 3 N–H and O–H groups in total. The first-order valence-electron chi connectivity index (χ1n) is 2.29. The Morgan fingerprint density at radius 3 is 2.67 bits per heavy atom. The van der Waals surface area contributed by atoms with Crippen molar-refractivity contribution in [1.29, 1.82) is 0 Å². The van der Waals surface area contributed by atoms with Gasteiger partial charge in [-0.05, 0) is 22.6 Å². The molecule has 0 aliphatic rings. The van der Waals surface area contributed by atoms with Gasteiger partial charge in [-0.3, -0.25) is 5.10 Å². The van der Waals surface area contributed by atoms with Crippen LogP contribution < -0.4 is 10.5 Å². The molecule has 0 amide bonds. The molecule has 5 heteroatoms. The lowest BCUT2D eigenvalue weighted by Crippen LogP contribution is -1.86. The van der Waals surface area contributed by atoms with Crippen molar-refractivity contribution < 1.29 is 4.74 Å². The van der Waals surface area contributed by atoms with Gasteiger partial charge in [0.1, 0.15) is 9.39 Å². The van der Waals surface area contributed by atoms with Crippen LogP contribution in [0.15, 0.2) is 0 Å². The first kappa shape index (κ1) is 6.66. The summed E-state index contributed by atoms with van der Waals surface area (Å²) in [4.78, 5) is 0. The summed E-state index contributed by atoms with van der Waals surface area (Å²) in [6.45, 7) is 0. The Morgan fingerprint density at radius 2 is 2.44 bits per heavy atom. The van der Waals surface area contributed by atoms with E-state index >= 15 is 0 Å². The Labute approximate surface area is 65.9 Å². The SMILES string of the molecule is COc1n[nH]c(N)c1I. The number of nitrogen functional groups attached to an aromatic ring is 1. The number of hydrogen-bond donors (Lipinski definition) is 2. The van der Waals surface area contributed by atoms with Crippen molar-refractivity contribution in [2.24, 2.45) is 0 Å². The van der Waals surface area contributed by atoms with Gasteiger partial charge in [0.15, 0.2) is 0 Å². The highest BCUT2D eigenvalue weighted by atomic mass is 127. The van der Waals surface area contributed by atoms with Crippen LogP contribution in [0.25, 0.3) is 0 Å². The van der Waals surface area contributed by atoms with Crippen molar-refractivity contribution in [3.63, 3.8) is 0 Å². The van der Waals surface area contributed by atoms with Crippen molar-refractivity contribution in [3.8, 4) is 5.88 Å². The summed E-state index contributed by atoms with van der Waals surface area (Å²) < 4.78 is 5.66. The summed E-state index contributed by atoms with van der Waals surface area (Å²) in [6.07, 6.45) is 0. The number of nitrogens with zero attached hydrogens (tertiary/aromatic N) is 1. The molecule has 0 bridgehead atoms. The Kier molecular flexibility index (Phi) is 1.79. The number of nitrogens with two attached hydrogens (primary N) is 1. The molecule has 0 unspecified atom stereocenters. The second kappa shape index (κ2) is 2.42. The summed E-state index contributed by atoms with van der Waals surface area (Å²) in [5.74, 6) is 1.10. The highest BCUT2D eigenvalue weighted by molar-refractivity contribution is 14.1. The highest BCUT2D eigenvalue weighted by Gasteiger charge is 2.05. The minimum atomic E-state index is 0.549. The third kappa shape index (κ3) is 1.09. The predicted octanol–water partition coefficient (Wildman–Crippen LogP) is 0.605. The van der Waals surface area contributed by atoms with Gasteiger partial charge in [-0.25, -0.2) is 0 Å². The summed E-state index contributed by atoms with van der Waals surface area (Å²) in [7, 11) is 1.55. The van der Waals surface area contributed by atoms with Gasteiger partial charge in [0.25, 0.3) is 0 Å². The lowest BCUT2D eigenvalue weighted by atomic mass is 10.6. The fourth-order valence-corrected chi connectivity index (χ4v) is 0.921. The van der Waals surface area contributed by atoms with Gasteiger partial charge in [0.05, 0.1) is 7.11 Å². The maximum atomic E-state index is 5.41. The molecule has 1 heterocycles. The van der Waals surface area contributed by atoms with Crippen LogP contribution in [0.1, 0.15) is 0 Å². The van der Waals surface area contributed by atoms with E-state index in [4.69, 9.17) is 10.5 Å². The van der Waals surface area contributed by atoms with E-state index in [0.29, 0.717) is 11.7 Å². The standard InChI is InChI=1S/C4H6IN3O/c1-9-4-2(5)3(6)7-8-4/h1H3,(H3,6,7,8). The van der Waals surface area contributed by atoms with Gasteiger partial charge in [0, 0.05) is 0 Å². The second-order valence-corrected chi connectivity index (χ2v) is 2.54. The van der Waals surface area contributed by atoms with E-state index < -0.39 is 0 Å². The number of anilines is 1. The first-order chi connectivity index (χ1) is 4.25. The van der Waals surface area contributed by atoms with Crippen LogP contribution in [0.4, 0.5) is 5.82 Å². The van der Waals surface area contributed by atoms with E-state index in [9.17, 15) is 0 Å². The van der Waals surface area contributed by atoms with E-state index in [-0.39, 0.29) is 0 Å². The normalized spacial score (nSPS) is 9.56. The maximum absolute atomic E-state index is 5.41. The van der Waals surface area contributed by atoms with Crippen molar-refractivity contribution in [1.82, 2.24) is 10.2 Å². The van der Waals surface area contributed by atoms with Crippen LogP contribution in [0.3, 0.4) is 0 Å². The molecule has 4 nitrogen and oxygen atoms in total. The molecular weight excluding hydrogens is 233 g/mol. The third-order valence-electron chi connectivity index (χ3n) is 0.895. The van der Waals surface area contributed by atoms with Gasteiger partial charge in [0.2, 0.25) is 5.88 Å². The molecule has 1 aromatic heterocycles. The largest absolute Gasteiger partial charge is 0.479 e. The molecule has 0 saturated heterocycles. The average molecular weight is 239 g/mol.